The van der Waals surface area contributed by atoms with Crippen molar-refractivity contribution in [1.29, 1.82) is 0 Å². The van der Waals surface area contributed by atoms with E-state index in [-0.39, 0.29) is 5.91 Å². The normalized spacial score (nSPS) is 12.6. The van der Waals surface area contributed by atoms with Gasteiger partial charge in [0.1, 0.15) is 0 Å². The van der Waals surface area contributed by atoms with Crippen LogP contribution >= 0.6 is 12.6 Å². The summed E-state index contributed by atoms with van der Waals surface area (Å²) in [5.41, 5.74) is 5.59. The Labute approximate surface area is 162 Å². The van der Waals surface area contributed by atoms with Crippen molar-refractivity contribution in [1.82, 2.24) is 5.32 Å². The van der Waals surface area contributed by atoms with Gasteiger partial charge in [0.2, 0.25) is 5.91 Å². The highest BCUT2D eigenvalue weighted by Crippen LogP contribution is 2.09. The maximum Gasteiger partial charge on any atom is 0.237 e. The molecule has 4 heteroatoms. The molecule has 0 aliphatic carbocycles. The molecule has 0 radical (unpaired) electrons. The highest BCUT2D eigenvalue weighted by molar-refractivity contribution is 7.80. The van der Waals surface area contributed by atoms with Gasteiger partial charge < -0.3 is 11.1 Å². The number of unbranched alkanes of at least 4 members (excludes halogenated alkanes) is 12. The SMILES string of the molecule is CCCCCCCCC=CCCCCCCCCNC(=O)[C@@H](N)CS. The molecule has 0 fully saturated rings. The summed E-state index contributed by atoms with van der Waals surface area (Å²) in [6.07, 6.45) is 22.9. The van der Waals surface area contributed by atoms with Crippen molar-refractivity contribution in [2.45, 2.75) is 103 Å². The van der Waals surface area contributed by atoms with Crippen LogP contribution in [0.15, 0.2) is 12.2 Å². The Morgan fingerprint density at radius 2 is 1.36 bits per heavy atom. The van der Waals surface area contributed by atoms with Crippen molar-refractivity contribution in [2.24, 2.45) is 5.73 Å². The first kappa shape index (κ1) is 24.5. The molecular weight excluding hydrogens is 328 g/mol. The number of thiol groups is 1. The molecule has 0 heterocycles. The van der Waals surface area contributed by atoms with Crippen LogP contribution in [-0.2, 0) is 4.79 Å². The highest BCUT2D eigenvalue weighted by Gasteiger charge is 2.09. The molecule has 148 valence electrons. The number of amides is 1. The monoisotopic (exact) mass is 370 g/mol. The van der Waals surface area contributed by atoms with Crippen molar-refractivity contribution < 1.29 is 4.79 Å². The maximum atomic E-state index is 11.4. The molecule has 0 aliphatic heterocycles. The van der Waals surface area contributed by atoms with Crippen LogP contribution in [0.1, 0.15) is 96.8 Å². The van der Waals surface area contributed by atoms with E-state index >= 15 is 0 Å². The molecule has 0 aliphatic rings. The van der Waals surface area contributed by atoms with E-state index in [4.69, 9.17) is 5.73 Å². The second-order valence-electron chi connectivity index (χ2n) is 7.02. The Bertz CT molecular complexity index is 321. The van der Waals surface area contributed by atoms with Crippen LogP contribution in [0, 0.1) is 0 Å². The second kappa shape index (κ2) is 19.8. The number of carbonyl (C=O) groups is 1. The lowest BCUT2D eigenvalue weighted by Gasteiger charge is -2.09. The van der Waals surface area contributed by atoms with Gasteiger partial charge in [-0.05, 0) is 32.1 Å². The van der Waals surface area contributed by atoms with Gasteiger partial charge in [-0.1, -0.05) is 76.9 Å². The largest absolute Gasteiger partial charge is 0.355 e. The minimum absolute atomic E-state index is 0.0808. The molecule has 0 rings (SSSR count). The number of nitrogens with two attached hydrogens (primary N) is 1. The van der Waals surface area contributed by atoms with Gasteiger partial charge in [-0.3, -0.25) is 4.79 Å². The van der Waals surface area contributed by atoms with Crippen molar-refractivity contribution in [3.63, 3.8) is 0 Å². The molecule has 3 nitrogen and oxygen atoms in total. The predicted molar refractivity (Wildman–Crippen MR) is 114 cm³/mol. The summed E-state index contributed by atoms with van der Waals surface area (Å²) in [6.45, 7) is 3.01. The Balaban J connectivity index is 3.18. The molecule has 0 saturated carbocycles. The zero-order valence-electron chi connectivity index (χ0n) is 16.5. The van der Waals surface area contributed by atoms with Crippen LogP contribution in [0.2, 0.25) is 0 Å². The van der Waals surface area contributed by atoms with Crippen LogP contribution in [0.4, 0.5) is 0 Å². The fourth-order valence-electron chi connectivity index (χ4n) is 2.80. The minimum Gasteiger partial charge on any atom is -0.355 e. The minimum atomic E-state index is -0.475. The molecule has 0 aromatic carbocycles. The standard InChI is InChI=1S/C21H42N2OS/c1-2-3-4-5-6-7-8-9-10-11-12-13-14-15-16-17-18-23-21(24)20(22)19-25/h9-10,20,25H,2-8,11-19,22H2,1H3,(H,23,24)/t20-/m0/s1. The third-order valence-corrected chi connectivity index (χ3v) is 4.91. The van der Waals surface area contributed by atoms with Crippen LogP contribution < -0.4 is 11.1 Å². The fourth-order valence-corrected chi connectivity index (χ4v) is 2.96. The Morgan fingerprint density at radius 1 is 0.880 bits per heavy atom. The first-order valence-corrected chi connectivity index (χ1v) is 11.1. The maximum absolute atomic E-state index is 11.4. The van der Waals surface area contributed by atoms with Gasteiger partial charge in [0, 0.05) is 12.3 Å². The van der Waals surface area contributed by atoms with Crippen LogP contribution in [0.25, 0.3) is 0 Å². The third kappa shape index (κ3) is 18.1. The first-order chi connectivity index (χ1) is 12.2. The van der Waals surface area contributed by atoms with Crippen molar-refractivity contribution in [2.75, 3.05) is 12.3 Å². The summed E-state index contributed by atoms with van der Waals surface area (Å²) < 4.78 is 0. The topological polar surface area (TPSA) is 55.1 Å². The quantitative estimate of drug-likeness (QED) is 0.172. The van der Waals surface area contributed by atoms with E-state index in [9.17, 15) is 4.79 Å². The van der Waals surface area contributed by atoms with E-state index in [0.29, 0.717) is 5.75 Å². The molecule has 0 bridgehead atoms. The summed E-state index contributed by atoms with van der Waals surface area (Å²) in [5.74, 6) is 0.321. The molecule has 1 atom stereocenters. The number of carbonyl (C=O) groups excluding carboxylic acids is 1. The predicted octanol–water partition coefficient (Wildman–Crippen LogP) is 5.40. The summed E-state index contributed by atoms with van der Waals surface area (Å²) in [5, 5.41) is 2.86. The van der Waals surface area contributed by atoms with E-state index in [1.54, 1.807) is 0 Å². The molecule has 0 spiro atoms. The van der Waals surface area contributed by atoms with E-state index < -0.39 is 6.04 Å². The lowest BCUT2D eigenvalue weighted by atomic mass is 10.1. The second-order valence-corrected chi connectivity index (χ2v) is 7.38. The van der Waals surface area contributed by atoms with Crippen LogP contribution in [0.5, 0.6) is 0 Å². The summed E-state index contributed by atoms with van der Waals surface area (Å²) in [4.78, 5) is 11.4. The zero-order valence-corrected chi connectivity index (χ0v) is 17.4. The molecule has 0 saturated heterocycles. The molecule has 0 aromatic heterocycles. The van der Waals surface area contributed by atoms with Crippen molar-refractivity contribution in [3.05, 3.63) is 12.2 Å². The van der Waals surface area contributed by atoms with Crippen LogP contribution in [0.3, 0.4) is 0 Å². The van der Waals surface area contributed by atoms with E-state index in [2.05, 4.69) is 37.0 Å². The summed E-state index contributed by atoms with van der Waals surface area (Å²) in [6, 6.07) is -0.475. The van der Waals surface area contributed by atoms with Crippen molar-refractivity contribution >= 4 is 18.5 Å². The lowest BCUT2D eigenvalue weighted by molar-refractivity contribution is -0.121. The van der Waals surface area contributed by atoms with Gasteiger partial charge >= 0.3 is 0 Å². The summed E-state index contributed by atoms with van der Waals surface area (Å²) in [7, 11) is 0. The van der Waals surface area contributed by atoms with Gasteiger partial charge in [-0.2, -0.15) is 12.6 Å². The number of allylic oxidation sites excluding steroid dienone is 2. The molecule has 0 aromatic rings. The number of nitrogens with one attached hydrogen (secondary N) is 1. The molecule has 0 unspecified atom stereocenters. The number of hydrogen-bond acceptors (Lipinski definition) is 3. The van der Waals surface area contributed by atoms with Crippen molar-refractivity contribution in [3.8, 4) is 0 Å². The molecule has 3 N–H and O–H groups in total. The molecule has 1 amide bonds. The van der Waals surface area contributed by atoms with Crippen LogP contribution in [-0.4, -0.2) is 24.2 Å². The Morgan fingerprint density at radius 3 is 1.88 bits per heavy atom. The van der Waals surface area contributed by atoms with Gasteiger partial charge in [0.05, 0.1) is 6.04 Å². The zero-order chi connectivity index (χ0) is 18.6. The summed E-state index contributed by atoms with van der Waals surface area (Å²) >= 11 is 4.02. The number of hydrogen-bond donors (Lipinski definition) is 3. The lowest BCUT2D eigenvalue weighted by Crippen LogP contribution is -2.42. The van der Waals surface area contributed by atoms with Gasteiger partial charge in [-0.25, -0.2) is 0 Å². The average molecular weight is 371 g/mol. The average Bonchev–Trinajstić information content (AvgIpc) is 2.63. The molecule has 25 heavy (non-hydrogen) atoms. The van der Waals surface area contributed by atoms with E-state index in [0.717, 1.165) is 13.0 Å². The molecular formula is C21H42N2OS. The van der Waals surface area contributed by atoms with E-state index in [1.165, 1.54) is 83.5 Å². The van der Waals surface area contributed by atoms with Gasteiger partial charge in [0.25, 0.3) is 0 Å². The first-order valence-electron chi connectivity index (χ1n) is 10.5. The third-order valence-electron chi connectivity index (χ3n) is 4.52. The Kier molecular flexibility index (Phi) is 19.5. The number of rotatable bonds is 18. The van der Waals surface area contributed by atoms with E-state index in [1.807, 2.05) is 0 Å². The fraction of sp³-hybridized carbons (Fsp3) is 0.857. The smallest absolute Gasteiger partial charge is 0.237 e. The van der Waals surface area contributed by atoms with Gasteiger partial charge in [0.15, 0.2) is 0 Å². The highest BCUT2D eigenvalue weighted by atomic mass is 32.1. The van der Waals surface area contributed by atoms with Gasteiger partial charge in [-0.15, -0.1) is 0 Å². The Hall–Kier alpha value is -0.480.